The number of fused-ring (bicyclic) bond motifs is 1. The Morgan fingerprint density at radius 2 is 2.21 bits per heavy atom. The zero-order chi connectivity index (χ0) is 20.1. The van der Waals surface area contributed by atoms with Gasteiger partial charge in [0.1, 0.15) is 5.69 Å². The molecule has 1 amide bonds. The summed E-state index contributed by atoms with van der Waals surface area (Å²) in [5, 5.41) is 7.52. The molecule has 29 heavy (non-hydrogen) atoms. The first-order valence-electron chi connectivity index (χ1n) is 10.2. The van der Waals surface area contributed by atoms with Crippen LogP contribution < -0.4 is 10.9 Å². The largest absolute Gasteiger partial charge is 0.376 e. The standard InChI is InChI=1S/C20H26N6O3/c27-19-11-15-14-29-10-4-17(15)24-26(19)9-8-25-7-2-1-3-16(25)12-23-20(28)18-13-21-5-6-22-18/h5-6,11,13,16H,1-4,7-10,12,14H2,(H,23,28). The van der Waals surface area contributed by atoms with Gasteiger partial charge in [-0.3, -0.25) is 19.5 Å². The molecule has 4 heterocycles. The second-order valence-electron chi connectivity index (χ2n) is 7.47. The number of carbonyl (C=O) groups is 1. The van der Waals surface area contributed by atoms with Crippen molar-refractivity contribution in [1.82, 2.24) is 30.0 Å². The smallest absolute Gasteiger partial charge is 0.271 e. The Balaban J connectivity index is 1.36. The van der Waals surface area contributed by atoms with Crippen molar-refractivity contribution in [3.63, 3.8) is 0 Å². The zero-order valence-electron chi connectivity index (χ0n) is 16.4. The van der Waals surface area contributed by atoms with E-state index in [1.165, 1.54) is 12.4 Å². The molecule has 0 bridgehead atoms. The Hall–Kier alpha value is -2.65. The molecule has 1 saturated heterocycles. The molecule has 2 aromatic heterocycles. The number of rotatable bonds is 6. The van der Waals surface area contributed by atoms with E-state index in [0.717, 1.165) is 50.0 Å². The molecule has 2 aromatic rings. The second kappa shape index (κ2) is 9.23. The lowest BCUT2D eigenvalue weighted by molar-refractivity contribution is 0.0902. The summed E-state index contributed by atoms with van der Waals surface area (Å²) >= 11 is 0. The molecule has 2 aliphatic heterocycles. The molecule has 154 valence electrons. The molecular formula is C20H26N6O3. The molecule has 0 aromatic carbocycles. The van der Waals surface area contributed by atoms with Gasteiger partial charge in [-0.1, -0.05) is 6.42 Å². The third-order valence-electron chi connectivity index (χ3n) is 5.55. The minimum absolute atomic E-state index is 0.0845. The maximum absolute atomic E-state index is 12.4. The fourth-order valence-corrected chi connectivity index (χ4v) is 3.94. The van der Waals surface area contributed by atoms with Crippen molar-refractivity contribution in [1.29, 1.82) is 0 Å². The Morgan fingerprint density at radius 1 is 1.28 bits per heavy atom. The lowest BCUT2D eigenvalue weighted by atomic mass is 10.0. The number of piperidine rings is 1. The van der Waals surface area contributed by atoms with Gasteiger partial charge in [0, 0.05) is 49.6 Å². The molecule has 0 spiro atoms. The Morgan fingerprint density at radius 3 is 3.07 bits per heavy atom. The summed E-state index contributed by atoms with van der Waals surface area (Å²) in [6.07, 6.45) is 8.55. The van der Waals surface area contributed by atoms with E-state index in [0.29, 0.717) is 32.0 Å². The van der Waals surface area contributed by atoms with Crippen molar-refractivity contribution in [2.24, 2.45) is 0 Å². The highest BCUT2D eigenvalue weighted by Crippen LogP contribution is 2.17. The molecule has 1 N–H and O–H groups in total. The molecule has 0 aliphatic carbocycles. The molecule has 1 unspecified atom stereocenters. The van der Waals surface area contributed by atoms with E-state index >= 15 is 0 Å². The molecule has 0 radical (unpaired) electrons. The maximum Gasteiger partial charge on any atom is 0.271 e. The van der Waals surface area contributed by atoms with Crippen LogP contribution in [0.4, 0.5) is 0 Å². The number of nitrogens with zero attached hydrogens (tertiary/aromatic N) is 5. The first-order valence-corrected chi connectivity index (χ1v) is 10.2. The molecule has 9 heteroatoms. The SMILES string of the molecule is O=C(NCC1CCCCN1CCn1nc2c(cc1=O)COCC2)c1cnccn1. The zero-order valence-corrected chi connectivity index (χ0v) is 16.4. The van der Waals surface area contributed by atoms with E-state index in [-0.39, 0.29) is 17.5 Å². The third kappa shape index (κ3) is 4.86. The van der Waals surface area contributed by atoms with Crippen LogP contribution >= 0.6 is 0 Å². The van der Waals surface area contributed by atoms with Crippen LogP contribution in [-0.2, 0) is 24.3 Å². The van der Waals surface area contributed by atoms with Gasteiger partial charge in [0.15, 0.2) is 0 Å². The van der Waals surface area contributed by atoms with Crippen LogP contribution in [0.25, 0.3) is 0 Å². The predicted molar refractivity (Wildman–Crippen MR) is 105 cm³/mol. The van der Waals surface area contributed by atoms with Crippen LogP contribution in [0.3, 0.4) is 0 Å². The number of amides is 1. The van der Waals surface area contributed by atoms with E-state index in [1.807, 2.05) is 0 Å². The number of hydrogen-bond donors (Lipinski definition) is 1. The van der Waals surface area contributed by atoms with E-state index in [2.05, 4.69) is 25.3 Å². The number of nitrogens with one attached hydrogen (secondary N) is 1. The summed E-state index contributed by atoms with van der Waals surface area (Å²) in [5.74, 6) is -0.210. The van der Waals surface area contributed by atoms with Gasteiger partial charge in [-0.2, -0.15) is 5.10 Å². The van der Waals surface area contributed by atoms with E-state index in [9.17, 15) is 9.59 Å². The highest BCUT2D eigenvalue weighted by atomic mass is 16.5. The van der Waals surface area contributed by atoms with Crippen LogP contribution in [0.15, 0.2) is 29.5 Å². The number of likely N-dealkylation sites (tertiary alicyclic amines) is 1. The lowest BCUT2D eigenvalue weighted by Crippen LogP contribution is -2.48. The summed E-state index contributed by atoms with van der Waals surface area (Å²) in [6.45, 7) is 3.91. The summed E-state index contributed by atoms with van der Waals surface area (Å²) in [6, 6.07) is 1.89. The van der Waals surface area contributed by atoms with E-state index in [4.69, 9.17) is 4.74 Å². The maximum atomic E-state index is 12.4. The summed E-state index contributed by atoms with van der Waals surface area (Å²) in [7, 11) is 0. The van der Waals surface area contributed by atoms with Crippen molar-refractivity contribution >= 4 is 5.91 Å². The monoisotopic (exact) mass is 398 g/mol. The van der Waals surface area contributed by atoms with Gasteiger partial charge in [0.25, 0.3) is 11.5 Å². The molecule has 1 fully saturated rings. The highest BCUT2D eigenvalue weighted by Gasteiger charge is 2.23. The average Bonchev–Trinajstić information content (AvgIpc) is 2.77. The summed E-state index contributed by atoms with van der Waals surface area (Å²) in [5.41, 5.74) is 2.10. The minimum atomic E-state index is -0.210. The minimum Gasteiger partial charge on any atom is -0.376 e. The Labute approximate surface area is 169 Å². The van der Waals surface area contributed by atoms with Gasteiger partial charge >= 0.3 is 0 Å². The van der Waals surface area contributed by atoms with Gasteiger partial charge in [0.05, 0.1) is 31.6 Å². The van der Waals surface area contributed by atoms with Crippen molar-refractivity contribution in [2.75, 3.05) is 26.2 Å². The summed E-state index contributed by atoms with van der Waals surface area (Å²) in [4.78, 5) is 35.0. The van der Waals surface area contributed by atoms with Gasteiger partial charge < -0.3 is 10.1 Å². The van der Waals surface area contributed by atoms with Crippen molar-refractivity contribution in [3.8, 4) is 0 Å². The molecule has 1 atom stereocenters. The van der Waals surface area contributed by atoms with Gasteiger partial charge in [-0.15, -0.1) is 0 Å². The number of carbonyl (C=O) groups excluding carboxylic acids is 1. The van der Waals surface area contributed by atoms with Crippen molar-refractivity contribution in [2.45, 2.75) is 44.9 Å². The fraction of sp³-hybridized carbons (Fsp3) is 0.550. The highest BCUT2D eigenvalue weighted by molar-refractivity contribution is 5.91. The number of aromatic nitrogens is 4. The van der Waals surface area contributed by atoms with Crippen molar-refractivity contribution < 1.29 is 9.53 Å². The van der Waals surface area contributed by atoms with Crippen LogP contribution in [0.1, 0.15) is 41.0 Å². The molecular weight excluding hydrogens is 372 g/mol. The first-order chi connectivity index (χ1) is 14.2. The first kappa shape index (κ1) is 19.7. The molecule has 4 rings (SSSR count). The molecule has 9 nitrogen and oxygen atoms in total. The third-order valence-corrected chi connectivity index (χ3v) is 5.55. The molecule has 2 aliphatic rings. The van der Waals surface area contributed by atoms with Crippen LogP contribution in [0, 0.1) is 0 Å². The average molecular weight is 398 g/mol. The van der Waals surface area contributed by atoms with Crippen LogP contribution in [0.5, 0.6) is 0 Å². The van der Waals surface area contributed by atoms with Crippen molar-refractivity contribution in [3.05, 3.63) is 52.0 Å². The molecule has 0 saturated carbocycles. The summed E-state index contributed by atoms with van der Waals surface area (Å²) < 4.78 is 6.96. The predicted octanol–water partition coefficient (Wildman–Crippen LogP) is 0.391. The normalized spacial score (nSPS) is 19.5. The topological polar surface area (TPSA) is 102 Å². The Bertz CT molecular complexity index is 901. The van der Waals surface area contributed by atoms with Gasteiger partial charge in [-0.05, 0) is 19.4 Å². The fourth-order valence-electron chi connectivity index (χ4n) is 3.94. The van der Waals surface area contributed by atoms with Gasteiger partial charge in [0.2, 0.25) is 0 Å². The van der Waals surface area contributed by atoms with E-state index < -0.39 is 0 Å². The number of hydrogen-bond acceptors (Lipinski definition) is 7. The quantitative estimate of drug-likeness (QED) is 0.751. The van der Waals surface area contributed by atoms with Crippen LogP contribution in [0.2, 0.25) is 0 Å². The van der Waals surface area contributed by atoms with E-state index in [1.54, 1.807) is 16.9 Å². The van der Waals surface area contributed by atoms with Crippen LogP contribution in [-0.4, -0.2) is 62.8 Å². The number of ether oxygens (including phenoxy) is 1. The van der Waals surface area contributed by atoms with Gasteiger partial charge in [-0.25, -0.2) is 9.67 Å². The Kier molecular flexibility index (Phi) is 6.26. The second-order valence-corrected chi connectivity index (χ2v) is 7.47. The lowest BCUT2D eigenvalue weighted by Gasteiger charge is -2.35.